The molecule has 140 valence electrons. The van der Waals surface area contributed by atoms with Crippen LogP contribution in [0.4, 0.5) is 27.3 Å². The van der Waals surface area contributed by atoms with Gasteiger partial charge in [0.1, 0.15) is 5.82 Å². The van der Waals surface area contributed by atoms with E-state index in [4.69, 9.17) is 28.5 Å². The lowest BCUT2D eigenvalue weighted by Gasteiger charge is -2.10. The molecule has 0 spiro atoms. The Balaban J connectivity index is 1.85. The zero-order chi connectivity index (χ0) is 19.8. The van der Waals surface area contributed by atoms with Crippen molar-refractivity contribution >= 4 is 51.6 Å². The van der Waals surface area contributed by atoms with E-state index in [1.165, 1.54) is 12.1 Å². The lowest BCUT2D eigenvalue weighted by Crippen LogP contribution is -2.01. The first kappa shape index (κ1) is 17.8. The number of anilines is 4. The molecular formula is C20H16ClFN6. The fourth-order valence-electron chi connectivity index (χ4n) is 3.00. The third-order valence-corrected chi connectivity index (χ3v) is 4.83. The van der Waals surface area contributed by atoms with Gasteiger partial charge in [0.2, 0.25) is 0 Å². The minimum atomic E-state index is -0.480. The molecule has 0 aliphatic rings. The average molecular weight is 395 g/mol. The zero-order valence-electron chi connectivity index (χ0n) is 14.6. The van der Waals surface area contributed by atoms with Gasteiger partial charge in [0, 0.05) is 22.9 Å². The topological polar surface area (TPSA) is 106 Å². The summed E-state index contributed by atoms with van der Waals surface area (Å²) < 4.78 is 15.2. The Bertz CT molecular complexity index is 1220. The Morgan fingerprint density at radius 3 is 2.61 bits per heavy atom. The maximum atomic E-state index is 13.6. The van der Waals surface area contributed by atoms with E-state index in [0.29, 0.717) is 33.5 Å². The minimum Gasteiger partial charge on any atom is -0.398 e. The summed E-state index contributed by atoms with van der Waals surface area (Å²) in [5.41, 5.74) is 14.5. The smallest absolute Gasteiger partial charge is 0.160 e. The van der Waals surface area contributed by atoms with Crippen LogP contribution in [-0.4, -0.2) is 16.0 Å². The van der Waals surface area contributed by atoms with Gasteiger partial charge in [-0.05, 0) is 42.5 Å². The van der Waals surface area contributed by atoms with Crippen LogP contribution in [0.2, 0.25) is 5.02 Å². The number of nitrogen functional groups attached to an aromatic ring is 2. The predicted molar refractivity (Wildman–Crippen MR) is 112 cm³/mol. The van der Waals surface area contributed by atoms with Crippen LogP contribution in [0.3, 0.4) is 0 Å². The van der Waals surface area contributed by atoms with E-state index in [9.17, 15) is 4.39 Å². The SMILES string of the molecule is N=Cc1c(N)ccc(Nc2nn(-c3ccc(F)c(N)c3)c3ccccc23)c1Cl. The summed E-state index contributed by atoms with van der Waals surface area (Å²) in [4.78, 5) is 0. The number of nitrogens with two attached hydrogens (primary N) is 2. The van der Waals surface area contributed by atoms with E-state index in [2.05, 4.69) is 10.4 Å². The van der Waals surface area contributed by atoms with Crippen molar-refractivity contribution in [1.82, 2.24) is 9.78 Å². The fourth-order valence-corrected chi connectivity index (χ4v) is 3.27. The molecule has 1 aromatic heterocycles. The number of hydrogen-bond donors (Lipinski definition) is 4. The quantitative estimate of drug-likeness (QED) is 0.296. The van der Waals surface area contributed by atoms with E-state index in [0.717, 1.165) is 17.1 Å². The van der Waals surface area contributed by atoms with Crippen molar-refractivity contribution in [2.75, 3.05) is 16.8 Å². The number of benzene rings is 3. The van der Waals surface area contributed by atoms with Gasteiger partial charge in [-0.15, -0.1) is 5.10 Å². The molecule has 0 aliphatic heterocycles. The number of rotatable bonds is 4. The first-order valence-corrected chi connectivity index (χ1v) is 8.76. The number of hydrogen-bond acceptors (Lipinski definition) is 5. The number of aromatic nitrogens is 2. The van der Waals surface area contributed by atoms with E-state index in [1.54, 1.807) is 22.9 Å². The molecule has 0 aliphatic carbocycles. The first-order valence-electron chi connectivity index (χ1n) is 8.38. The van der Waals surface area contributed by atoms with Crippen molar-refractivity contribution in [3.8, 4) is 5.69 Å². The fraction of sp³-hybridized carbons (Fsp3) is 0. The second kappa shape index (κ2) is 6.86. The third kappa shape index (κ3) is 2.91. The molecule has 0 unspecified atom stereocenters. The predicted octanol–water partition coefficient (Wildman–Crippen LogP) is 4.72. The lowest BCUT2D eigenvalue weighted by atomic mass is 10.1. The van der Waals surface area contributed by atoms with Gasteiger partial charge >= 0.3 is 0 Å². The molecule has 0 amide bonds. The Labute approximate surface area is 165 Å². The van der Waals surface area contributed by atoms with Gasteiger partial charge in [-0.2, -0.15) is 0 Å². The molecule has 0 radical (unpaired) electrons. The molecule has 0 saturated heterocycles. The number of para-hydroxylation sites is 1. The Morgan fingerprint density at radius 1 is 1.07 bits per heavy atom. The maximum Gasteiger partial charge on any atom is 0.160 e. The van der Waals surface area contributed by atoms with Gasteiger partial charge in [-0.3, -0.25) is 0 Å². The number of nitrogens with zero attached hydrogens (tertiary/aromatic N) is 2. The summed E-state index contributed by atoms with van der Waals surface area (Å²) >= 11 is 6.39. The van der Waals surface area contributed by atoms with Crippen LogP contribution >= 0.6 is 11.6 Å². The van der Waals surface area contributed by atoms with Crippen molar-refractivity contribution < 1.29 is 4.39 Å². The van der Waals surface area contributed by atoms with Gasteiger partial charge in [-0.25, -0.2) is 9.07 Å². The highest BCUT2D eigenvalue weighted by Gasteiger charge is 2.15. The molecule has 6 nitrogen and oxygen atoms in total. The number of fused-ring (bicyclic) bond motifs is 1. The van der Waals surface area contributed by atoms with E-state index < -0.39 is 5.82 Å². The van der Waals surface area contributed by atoms with Crippen LogP contribution in [0.5, 0.6) is 0 Å². The molecule has 8 heteroatoms. The Morgan fingerprint density at radius 2 is 1.86 bits per heavy atom. The molecule has 0 bridgehead atoms. The normalized spacial score (nSPS) is 10.9. The largest absolute Gasteiger partial charge is 0.398 e. The standard InChI is InChI=1S/C20H16ClFN6/c21-19-13(10-23)15(24)7-8-17(19)26-20-12-3-1-2-4-18(12)28(27-20)11-5-6-14(22)16(25)9-11/h1-10,23H,24-25H2,(H,26,27). The highest BCUT2D eigenvalue weighted by molar-refractivity contribution is 6.36. The number of halogens is 2. The summed E-state index contributed by atoms with van der Waals surface area (Å²) in [6.07, 6.45) is 1.11. The molecule has 6 N–H and O–H groups in total. The van der Waals surface area contributed by atoms with E-state index in [1.807, 2.05) is 24.3 Å². The van der Waals surface area contributed by atoms with Crippen LogP contribution in [-0.2, 0) is 0 Å². The van der Waals surface area contributed by atoms with Crippen molar-refractivity contribution in [3.63, 3.8) is 0 Å². The maximum absolute atomic E-state index is 13.6. The molecule has 1 heterocycles. The number of nitrogens with one attached hydrogen (secondary N) is 2. The van der Waals surface area contributed by atoms with E-state index in [-0.39, 0.29) is 5.69 Å². The summed E-state index contributed by atoms with van der Waals surface area (Å²) in [6, 6.07) is 15.5. The minimum absolute atomic E-state index is 0.0452. The van der Waals surface area contributed by atoms with Gasteiger partial charge < -0.3 is 22.2 Å². The Kier molecular flexibility index (Phi) is 4.37. The van der Waals surface area contributed by atoms with Crippen molar-refractivity contribution in [2.45, 2.75) is 0 Å². The highest BCUT2D eigenvalue weighted by Crippen LogP contribution is 2.34. The second-order valence-electron chi connectivity index (χ2n) is 6.18. The highest BCUT2D eigenvalue weighted by atomic mass is 35.5. The Hall–Kier alpha value is -3.58. The molecule has 0 atom stereocenters. The van der Waals surface area contributed by atoms with E-state index >= 15 is 0 Å². The first-order chi connectivity index (χ1) is 13.5. The van der Waals surface area contributed by atoms with Crippen LogP contribution in [0, 0.1) is 11.2 Å². The van der Waals surface area contributed by atoms with Gasteiger partial charge in [0.25, 0.3) is 0 Å². The van der Waals surface area contributed by atoms with Crippen molar-refractivity contribution in [3.05, 3.63) is 71.0 Å². The van der Waals surface area contributed by atoms with Crippen LogP contribution in [0.15, 0.2) is 54.6 Å². The second-order valence-corrected chi connectivity index (χ2v) is 6.56. The molecule has 0 fully saturated rings. The van der Waals surface area contributed by atoms with Crippen molar-refractivity contribution in [1.29, 1.82) is 5.41 Å². The van der Waals surface area contributed by atoms with Crippen LogP contribution < -0.4 is 16.8 Å². The third-order valence-electron chi connectivity index (χ3n) is 4.42. The monoisotopic (exact) mass is 394 g/mol. The van der Waals surface area contributed by atoms with Gasteiger partial charge in [0.15, 0.2) is 5.82 Å². The zero-order valence-corrected chi connectivity index (χ0v) is 15.3. The molecule has 28 heavy (non-hydrogen) atoms. The summed E-state index contributed by atoms with van der Waals surface area (Å²) in [6.45, 7) is 0. The molecule has 3 aromatic carbocycles. The molecular weight excluding hydrogens is 379 g/mol. The van der Waals surface area contributed by atoms with Crippen LogP contribution in [0.1, 0.15) is 5.56 Å². The van der Waals surface area contributed by atoms with Crippen molar-refractivity contribution in [2.24, 2.45) is 0 Å². The van der Waals surface area contributed by atoms with Gasteiger partial charge in [-0.1, -0.05) is 23.7 Å². The summed E-state index contributed by atoms with van der Waals surface area (Å²) in [7, 11) is 0. The summed E-state index contributed by atoms with van der Waals surface area (Å²) in [5.74, 6) is 0.0764. The molecule has 4 aromatic rings. The lowest BCUT2D eigenvalue weighted by molar-refractivity contribution is 0.632. The van der Waals surface area contributed by atoms with Crippen LogP contribution in [0.25, 0.3) is 16.6 Å². The summed E-state index contributed by atoms with van der Waals surface area (Å²) in [5, 5.41) is 16.5. The van der Waals surface area contributed by atoms with Gasteiger partial charge in [0.05, 0.1) is 27.6 Å². The molecule has 0 saturated carbocycles. The molecule has 4 rings (SSSR count). The average Bonchev–Trinajstić information content (AvgIpc) is 3.05.